The van der Waals surface area contributed by atoms with Crippen LogP contribution in [0, 0.1) is 5.82 Å². The van der Waals surface area contributed by atoms with Gasteiger partial charge in [0.05, 0.1) is 5.56 Å². The number of nitrogens with zero attached hydrogens (tertiary/aromatic N) is 1. The van der Waals surface area contributed by atoms with E-state index in [1.807, 2.05) is 0 Å². The molecular weight excluding hydrogens is 335 g/mol. The first kappa shape index (κ1) is 17.9. The number of anilines is 4. The second-order valence-corrected chi connectivity index (χ2v) is 6.53. The fraction of sp³-hybridized carbons (Fsp3) is 0.333. The van der Waals surface area contributed by atoms with Crippen molar-refractivity contribution in [1.29, 1.82) is 0 Å². The summed E-state index contributed by atoms with van der Waals surface area (Å²) >= 11 is 0. The van der Waals surface area contributed by atoms with Gasteiger partial charge in [0.15, 0.2) is 11.6 Å². The van der Waals surface area contributed by atoms with Gasteiger partial charge in [0, 0.05) is 23.5 Å². The summed E-state index contributed by atoms with van der Waals surface area (Å²) in [5.74, 6) is -1.18. The van der Waals surface area contributed by atoms with E-state index in [4.69, 9.17) is 17.2 Å². The van der Waals surface area contributed by atoms with Gasteiger partial charge in [-0.1, -0.05) is 12.8 Å². The summed E-state index contributed by atoms with van der Waals surface area (Å²) in [5, 5.41) is 6.07. The van der Waals surface area contributed by atoms with Crippen LogP contribution in [0.1, 0.15) is 36.0 Å². The lowest BCUT2D eigenvalue weighted by Gasteiger charge is -2.30. The zero-order chi connectivity index (χ0) is 18.7. The van der Waals surface area contributed by atoms with Crippen molar-refractivity contribution in [2.75, 3.05) is 16.4 Å². The van der Waals surface area contributed by atoms with Gasteiger partial charge in [-0.15, -0.1) is 0 Å². The van der Waals surface area contributed by atoms with Crippen molar-refractivity contribution >= 4 is 28.9 Å². The molecule has 1 aliphatic carbocycles. The Morgan fingerprint density at radius 2 is 1.85 bits per heavy atom. The molecule has 138 valence electrons. The van der Waals surface area contributed by atoms with Gasteiger partial charge >= 0.3 is 0 Å². The van der Waals surface area contributed by atoms with Crippen molar-refractivity contribution in [2.45, 2.75) is 37.8 Å². The zero-order valence-electron chi connectivity index (χ0n) is 14.3. The summed E-state index contributed by atoms with van der Waals surface area (Å²) in [6.07, 6.45) is 3.83. The number of halogens is 1. The van der Waals surface area contributed by atoms with E-state index in [9.17, 15) is 9.18 Å². The van der Waals surface area contributed by atoms with Crippen molar-refractivity contribution in [3.05, 3.63) is 41.7 Å². The Balaban J connectivity index is 1.90. The molecule has 1 aromatic heterocycles. The van der Waals surface area contributed by atoms with Crippen LogP contribution < -0.4 is 27.8 Å². The number of nitrogens with two attached hydrogens (primary N) is 3. The molecule has 0 unspecified atom stereocenters. The van der Waals surface area contributed by atoms with Crippen LogP contribution in [0.4, 0.5) is 27.4 Å². The molecule has 1 aliphatic rings. The maximum atomic E-state index is 14.4. The van der Waals surface area contributed by atoms with E-state index in [0.29, 0.717) is 11.4 Å². The maximum absolute atomic E-state index is 14.4. The standard InChI is InChI=1S/C18H23FN6O/c19-13-9-12(16(22)26)17(23-11-7-5-10(20)6-8-11)25-18(13)24-15-4-2-1-3-14(15)21/h5-9,14-15H,1-4,20-21H2,(H2,22,26)(H2,23,24,25)/t14-,15+/m0/s1. The van der Waals surface area contributed by atoms with E-state index in [0.717, 1.165) is 31.7 Å². The van der Waals surface area contributed by atoms with Gasteiger partial charge in [-0.05, 0) is 43.2 Å². The van der Waals surface area contributed by atoms with Crippen LogP contribution in [0.5, 0.6) is 0 Å². The average Bonchev–Trinajstić information content (AvgIpc) is 2.61. The second kappa shape index (κ2) is 7.57. The Bertz CT molecular complexity index is 795. The molecule has 8 N–H and O–H groups in total. The highest BCUT2D eigenvalue weighted by molar-refractivity contribution is 5.98. The molecule has 1 aromatic carbocycles. The monoisotopic (exact) mass is 358 g/mol. The van der Waals surface area contributed by atoms with E-state index < -0.39 is 11.7 Å². The Morgan fingerprint density at radius 1 is 1.15 bits per heavy atom. The minimum Gasteiger partial charge on any atom is -0.399 e. The smallest absolute Gasteiger partial charge is 0.252 e. The molecule has 26 heavy (non-hydrogen) atoms. The van der Waals surface area contributed by atoms with Gasteiger partial charge in [-0.25, -0.2) is 9.37 Å². The van der Waals surface area contributed by atoms with Gasteiger partial charge in [-0.3, -0.25) is 4.79 Å². The minimum atomic E-state index is -0.768. The number of primary amides is 1. The summed E-state index contributed by atoms with van der Waals surface area (Å²) in [6, 6.07) is 7.84. The van der Waals surface area contributed by atoms with Gasteiger partial charge < -0.3 is 27.8 Å². The van der Waals surface area contributed by atoms with E-state index in [1.54, 1.807) is 24.3 Å². The van der Waals surface area contributed by atoms with Gasteiger partial charge in [0.2, 0.25) is 0 Å². The van der Waals surface area contributed by atoms with E-state index in [2.05, 4.69) is 15.6 Å². The van der Waals surface area contributed by atoms with E-state index >= 15 is 0 Å². The number of pyridine rings is 1. The molecule has 0 saturated heterocycles. The Hall–Kier alpha value is -2.87. The molecular formula is C18H23FN6O. The highest BCUT2D eigenvalue weighted by Gasteiger charge is 2.24. The number of nitrogen functional groups attached to an aromatic ring is 1. The molecule has 1 heterocycles. The molecule has 0 bridgehead atoms. The Labute approximate surface area is 151 Å². The molecule has 0 radical (unpaired) electrons. The third kappa shape index (κ3) is 4.02. The van der Waals surface area contributed by atoms with Crippen LogP contribution >= 0.6 is 0 Å². The number of rotatable bonds is 5. The quantitative estimate of drug-likeness (QED) is 0.521. The SMILES string of the molecule is NC(=O)c1cc(F)c(N[C@@H]2CCCC[C@@H]2N)nc1Nc1ccc(N)cc1. The van der Waals surface area contributed by atoms with Crippen molar-refractivity contribution in [1.82, 2.24) is 4.98 Å². The first-order chi connectivity index (χ1) is 12.4. The van der Waals surface area contributed by atoms with E-state index in [1.165, 1.54) is 0 Å². The van der Waals surface area contributed by atoms with Crippen molar-refractivity contribution in [2.24, 2.45) is 11.5 Å². The van der Waals surface area contributed by atoms with Gasteiger partial charge in [0.25, 0.3) is 5.91 Å². The van der Waals surface area contributed by atoms with Crippen molar-refractivity contribution in [3.8, 4) is 0 Å². The molecule has 2 atom stereocenters. The first-order valence-electron chi connectivity index (χ1n) is 8.59. The molecule has 0 aliphatic heterocycles. The fourth-order valence-electron chi connectivity index (χ4n) is 3.09. The number of hydrogen-bond acceptors (Lipinski definition) is 6. The Morgan fingerprint density at radius 3 is 2.50 bits per heavy atom. The minimum absolute atomic E-state index is 0.0298. The third-order valence-electron chi connectivity index (χ3n) is 4.56. The molecule has 7 nitrogen and oxygen atoms in total. The highest BCUT2D eigenvalue weighted by atomic mass is 19.1. The number of amides is 1. The van der Waals surface area contributed by atoms with Crippen molar-refractivity contribution in [3.63, 3.8) is 0 Å². The topological polar surface area (TPSA) is 132 Å². The number of benzene rings is 1. The second-order valence-electron chi connectivity index (χ2n) is 6.53. The average molecular weight is 358 g/mol. The molecule has 2 aromatic rings. The lowest BCUT2D eigenvalue weighted by molar-refractivity contribution is 0.100. The van der Waals surface area contributed by atoms with E-state index in [-0.39, 0.29) is 29.3 Å². The largest absolute Gasteiger partial charge is 0.399 e. The predicted octanol–water partition coefficient (Wildman–Crippen LogP) is 2.33. The predicted molar refractivity (Wildman–Crippen MR) is 101 cm³/mol. The van der Waals surface area contributed by atoms with Crippen LogP contribution in [0.15, 0.2) is 30.3 Å². The highest BCUT2D eigenvalue weighted by Crippen LogP contribution is 2.27. The molecule has 3 rings (SSSR count). The van der Waals surface area contributed by atoms with Gasteiger partial charge in [0.1, 0.15) is 5.82 Å². The molecule has 1 saturated carbocycles. The summed E-state index contributed by atoms with van der Waals surface area (Å²) in [5.41, 5.74) is 18.4. The summed E-state index contributed by atoms with van der Waals surface area (Å²) in [6.45, 7) is 0. The summed E-state index contributed by atoms with van der Waals surface area (Å²) in [4.78, 5) is 15.9. The molecule has 1 fully saturated rings. The number of carbonyl (C=O) groups excluding carboxylic acids is 1. The number of hydrogen-bond donors (Lipinski definition) is 5. The molecule has 8 heteroatoms. The number of nitrogens with one attached hydrogen (secondary N) is 2. The number of aromatic nitrogens is 1. The Kier molecular flexibility index (Phi) is 5.22. The zero-order valence-corrected chi connectivity index (χ0v) is 14.3. The normalized spacial score (nSPS) is 19.8. The van der Waals surface area contributed by atoms with Crippen LogP contribution in [0.2, 0.25) is 0 Å². The maximum Gasteiger partial charge on any atom is 0.252 e. The molecule has 1 amide bonds. The van der Waals surface area contributed by atoms with Crippen LogP contribution in [0.3, 0.4) is 0 Å². The van der Waals surface area contributed by atoms with Crippen LogP contribution in [-0.4, -0.2) is 23.0 Å². The molecule has 0 spiro atoms. The van der Waals surface area contributed by atoms with Crippen LogP contribution in [-0.2, 0) is 0 Å². The first-order valence-corrected chi connectivity index (χ1v) is 8.59. The third-order valence-corrected chi connectivity index (χ3v) is 4.56. The number of carbonyl (C=O) groups is 1. The van der Waals surface area contributed by atoms with Gasteiger partial charge in [-0.2, -0.15) is 0 Å². The summed E-state index contributed by atoms with van der Waals surface area (Å²) < 4.78 is 14.4. The summed E-state index contributed by atoms with van der Waals surface area (Å²) in [7, 11) is 0. The lowest BCUT2D eigenvalue weighted by Crippen LogP contribution is -2.43. The van der Waals surface area contributed by atoms with Crippen LogP contribution in [0.25, 0.3) is 0 Å². The van der Waals surface area contributed by atoms with Crippen molar-refractivity contribution < 1.29 is 9.18 Å². The lowest BCUT2D eigenvalue weighted by atomic mass is 9.91. The fourth-order valence-corrected chi connectivity index (χ4v) is 3.09.